The summed E-state index contributed by atoms with van der Waals surface area (Å²) in [6.45, 7) is 9.99. The first-order chi connectivity index (χ1) is 14.0. The Kier molecular flexibility index (Phi) is 8.80. The Morgan fingerprint density at radius 2 is 1.60 bits per heavy atom. The molecule has 0 radical (unpaired) electrons. The smallest absolute Gasteiger partial charge is 0.242 e. The van der Waals surface area contributed by atoms with Gasteiger partial charge in [0.2, 0.25) is 11.8 Å². The van der Waals surface area contributed by atoms with E-state index in [0.29, 0.717) is 17.3 Å². The maximum absolute atomic E-state index is 13.1. The number of nitrogens with one attached hydrogen (secondary N) is 1. The summed E-state index contributed by atoms with van der Waals surface area (Å²) in [4.78, 5) is 27.5. The number of benzene rings is 2. The van der Waals surface area contributed by atoms with Crippen LogP contribution >= 0.6 is 23.4 Å². The Bertz CT molecular complexity index is 845. The van der Waals surface area contributed by atoms with Crippen LogP contribution in [0.25, 0.3) is 0 Å². The molecular formula is C24H31ClN2O2S. The fourth-order valence-corrected chi connectivity index (χ4v) is 3.86. The van der Waals surface area contributed by atoms with E-state index < -0.39 is 6.04 Å². The van der Waals surface area contributed by atoms with Crippen molar-refractivity contribution >= 4 is 35.2 Å². The zero-order valence-electron chi connectivity index (χ0n) is 18.4. The topological polar surface area (TPSA) is 49.4 Å². The largest absolute Gasteiger partial charge is 0.350 e. The number of halogens is 1. The van der Waals surface area contributed by atoms with Crippen molar-refractivity contribution in [3.63, 3.8) is 0 Å². The van der Waals surface area contributed by atoms with Gasteiger partial charge in [-0.25, -0.2) is 0 Å². The molecule has 0 aliphatic heterocycles. The van der Waals surface area contributed by atoms with E-state index in [1.165, 1.54) is 11.1 Å². The van der Waals surface area contributed by atoms with Gasteiger partial charge in [-0.2, -0.15) is 0 Å². The maximum Gasteiger partial charge on any atom is 0.242 e. The lowest BCUT2D eigenvalue weighted by atomic mass is 10.1. The van der Waals surface area contributed by atoms with Crippen LogP contribution in [-0.4, -0.2) is 34.0 Å². The Labute approximate surface area is 189 Å². The molecule has 30 heavy (non-hydrogen) atoms. The van der Waals surface area contributed by atoms with Gasteiger partial charge in [0.15, 0.2) is 0 Å². The Hall–Kier alpha value is -1.98. The van der Waals surface area contributed by atoms with Crippen molar-refractivity contribution in [3.05, 3.63) is 70.2 Å². The Morgan fingerprint density at radius 3 is 2.17 bits per heavy atom. The van der Waals surface area contributed by atoms with E-state index in [2.05, 4.69) is 36.5 Å². The van der Waals surface area contributed by atoms with Crippen LogP contribution in [0.1, 0.15) is 44.4 Å². The van der Waals surface area contributed by atoms with Crippen molar-refractivity contribution in [1.82, 2.24) is 10.2 Å². The van der Waals surface area contributed by atoms with Crippen LogP contribution in [0.4, 0.5) is 0 Å². The average Bonchev–Trinajstić information content (AvgIpc) is 2.67. The van der Waals surface area contributed by atoms with Gasteiger partial charge >= 0.3 is 0 Å². The molecule has 1 atom stereocenters. The van der Waals surface area contributed by atoms with Crippen LogP contribution in [0.5, 0.6) is 0 Å². The van der Waals surface area contributed by atoms with Gasteiger partial charge in [0.05, 0.1) is 5.75 Å². The minimum atomic E-state index is -0.577. The predicted octanol–water partition coefficient (Wildman–Crippen LogP) is 5.21. The molecule has 0 aliphatic carbocycles. The number of thioether (sulfide) groups is 1. The first-order valence-corrected chi connectivity index (χ1v) is 11.6. The molecule has 0 heterocycles. The molecule has 0 saturated heterocycles. The maximum atomic E-state index is 13.1. The van der Waals surface area contributed by atoms with Crippen LogP contribution in [0.15, 0.2) is 48.5 Å². The molecule has 2 aromatic rings. The summed E-state index contributed by atoms with van der Waals surface area (Å²) < 4.78 is 0. The van der Waals surface area contributed by atoms with Gasteiger partial charge in [0.25, 0.3) is 0 Å². The van der Waals surface area contributed by atoms with E-state index in [-0.39, 0.29) is 17.4 Å². The molecule has 0 bridgehead atoms. The van der Waals surface area contributed by atoms with Crippen molar-refractivity contribution in [2.45, 2.75) is 58.5 Å². The molecule has 0 saturated carbocycles. The van der Waals surface area contributed by atoms with Crippen LogP contribution in [0.2, 0.25) is 5.02 Å². The number of carbonyl (C=O) groups excluding carboxylic acids is 2. The van der Waals surface area contributed by atoms with Gasteiger partial charge in [-0.3, -0.25) is 9.59 Å². The second kappa shape index (κ2) is 10.9. The first kappa shape index (κ1) is 24.3. The zero-order valence-corrected chi connectivity index (χ0v) is 19.9. The third-order valence-corrected chi connectivity index (χ3v) is 5.79. The van der Waals surface area contributed by atoms with Gasteiger partial charge in [-0.1, -0.05) is 53.6 Å². The molecular weight excluding hydrogens is 416 g/mol. The summed E-state index contributed by atoms with van der Waals surface area (Å²) in [7, 11) is 0. The van der Waals surface area contributed by atoms with E-state index >= 15 is 0 Å². The Morgan fingerprint density at radius 1 is 1.03 bits per heavy atom. The lowest BCUT2D eigenvalue weighted by molar-refractivity contribution is -0.139. The van der Waals surface area contributed by atoms with Crippen LogP contribution < -0.4 is 5.32 Å². The molecule has 0 unspecified atom stereocenters. The third-order valence-electron chi connectivity index (χ3n) is 4.55. The standard InChI is InChI=1S/C24H31ClN2O2S/c1-17-6-8-20(9-7-17)15-30-16-22(28)27(14-19-10-12-21(25)13-11-19)18(2)23(29)26-24(3,4)5/h6-13,18H,14-16H2,1-5H3,(H,26,29)/t18-/m1/s1. The minimum Gasteiger partial charge on any atom is -0.350 e. The number of nitrogens with zero attached hydrogens (tertiary/aromatic N) is 1. The SMILES string of the molecule is Cc1ccc(CSCC(=O)N(Cc2ccc(Cl)cc2)[C@H](C)C(=O)NC(C)(C)C)cc1. The highest BCUT2D eigenvalue weighted by molar-refractivity contribution is 7.99. The van der Waals surface area contributed by atoms with Crippen LogP contribution in [0.3, 0.4) is 0 Å². The minimum absolute atomic E-state index is 0.0568. The number of amides is 2. The fourth-order valence-electron chi connectivity index (χ4n) is 2.87. The summed E-state index contributed by atoms with van der Waals surface area (Å²) in [6, 6.07) is 15.1. The monoisotopic (exact) mass is 446 g/mol. The van der Waals surface area contributed by atoms with Gasteiger partial charge in [0.1, 0.15) is 6.04 Å². The lowest BCUT2D eigenvalue weighted by Crippen LogP contribution is -2.52. The third kappa shape index (κ3) is 8.04. The molecule has 6 heteroatoms. The molecule has 2 rings (SSSR count). The normalized spacial score (nSPS) is 12.3. The average molecular weight is 447 g/mol. The summed E-state index contributed by atoms with van der Waals surface area (Å²) >= 11 is 7.54. The lowest BCUT2D eigenvalue weighted by Gasteiger charge is -2.31. The van der Waals surface area contributed by atoms with Crippen molar-refractivity contribution < 1.29 is 9.59 Å². The highest BCUT2D eigenvalue weighted by Gasteiger charge is 2.28. The van der Waals surface area contributed by atoms with Gasteiger partial charge in [0, 0.05) is 22.9 Å². The predicted molar refractivity (Wildman–Crippen MR) is 127 cm³/mol. The molecule has 0 aromatic heterocycles. The van der Waals surface area contributed by atoms with Crippen molar-refractivity contribution in [1.29, 1.82) is 0 Å². The summed E-state index contributed by atoms with van der Waals surface area (Å²) in [6.07, 6.45) is 0. The number of carbonyl (C=O) groups is 2. The number of aryl methyl sites for hydroxylation is 1. The van der Waals surface area contributed by atoms with Crippen molar-refractivity contribution in [2.24, 2.45) is 0 Å². The number of hydrogen-bond donors (Lipinski definition) is 1. The highest BCUT2D eigenvalue weighted by Crippen LogP contribution is 2.18. The molecule has 0 aliphatic rings. The van der Waals surface area contributed by atoms with E-state index in [1.54, 1.807) is 35.7 Å². The van der Waals surface area contributed by atoms with Crippen molar-refractivity contribution in [2.75, 3.05) is 5.75 Å². The van der Waals surface area contributed by atoms with E-state index in [4.69, 9.17) is 11.6 Å². The van der Waals surface area contributed by atoms with E-state index in [0.717, 1.165) is 11.3 Å². The molecule has 0 fully saturated rings. The summed E-state index contributed by atoms with van der Waals surface area (Å²) in [5.74, 6) is 0.852. The molecule has 0 spiro atoms. The number of rotatable bonds is 8. The first-order valence-electron chi connectivity index (χ1n) is 10.0. The molecule has 162 valence electrons. The van der Waals surface area contributed by atoms with Gasteiger partial charge in [-0.15, -0.1) is 11.8 Å². The van der Waals surface area contributed by atoms with Gasteiger partial charge < -0.3 is 10.2 Å². The molecule has 1 N–H and O–H groups in total. The zero-order chi connectivity index (χ0) is 22.3. The Balaban J connectivity index is 2.08. The molecule has 4 nitrogen and oxygen atoms in total. The molecule has 2 amide bonds. The quantitative estimate of drug-likeness (QED) is 0.605. The van der Waals surface area contributed by atoms with Crippen LogP contribution in [0, 0.1) is 6.92 Å². The van der Waals surface area contributed by atoms with E-state index in [9.17, 15) is 9.59 Å². The molecule has 2 aromatic carbocycles. The van der Waals surface area contributed by atoms with Gasteiger partial charge in [-0.05, 0) is 57.9 Å². The van der Waals surface area contributed by atoms with E-state index in [1.807, 2.05) is 32.9 Å². The second-order valence-corrected chi connectivity index (χ2v) is 9.96. The second-order valence-electron chi connectivity index (χ2n) is 8.54. The summed E-state index contributed by atoms with van der Waals surface area (Å²) in [5, 5.41) is 3.62. The summed E-state index contributed by atoms with van der Waals surface area (Å²) in [5.41, 5.74) is 2.97. The van der Waals surface area contributed by atoms with Crippen molar-refractivity contribution in [3.8, 4) is 0 Å². The highest BCUT2D eigenvalue weighted by atomic mass is 35.5. The number of hydrogen-bond acceptors (Lipinski definition) is 3. The van der Waals surface area contributed by atoms with Crippen LogP contribution in [-0.2, 0) is 21.9 Å². The fraction of sp³-hybridized carbons (Fsp3) is 0.417.